The first kappa shape index (κ1) is 23.3. The summed E-state index contributed by atoms with van der Waals surface area (Å²) in [6.45, 7) is 5.26. The zero-order valence-corrected chi connectivity index (χ0v) is 19.0. The van der Waals surface area contributed by atoms with Crippen molar-refractivity contribution in [3.8, 4) is 0 Å². The monoisotopic (exact) mass is 458 g/mol. The number of piperidine rings is 1. The Kier molecular flexibility index (Phi) is 7.62. The van der Waals surface area contributed by atoms with Gasteiger partial charge in [0.2, 0.25) is 10.0 Å². The van der Waals surface area contributed by atoms with Crippen LogP contribution in [0.25, 0.3) is 11.1 Å². The Balaban J connectivity index is 0.00000256. The van der Waals surface area contributed by atoms with E-state index < -0.39 is 15.8 Å². The first-order valence-corrected chi connectivity index (χ1v) is 12.0. The highest BCUT2D eigenvalue weighted by atomic mass is 35.5. The molecule has 2 saturated heterocycles. The van der Waals surface area contributed by atoms with Crippen molar-refractivity contribution in [2.24, 2.45) is 7.05 Å². The molecule has 1 atom stereocenters. The maximum Gasteiger partial charge on any atom is 0.419 e. The molecule has 1 aromatic heterocycles. The van der Waals surface area contributed by atoms with Gasteiger partial charge in [-0.3, -0.25) is 4.57 Å². The van der Waals surface area contributed by atoms with Gasteiger partial charge in [0.15, 0.2) is 5.58 Å². The normalized spacial score (nSPS) is 20.7. The summed E-state index contributed by atoms with van der Waals surface area (Å²) in [7, 11) is -2.08. The molecule has 8 nitrogen and oxygen atoms in total. The van der Waals surface area contributed by atoms with Crippen LogP contribution in [0, 0.1) is 0 Å². The van der Waals surface area contributed by atoms with Crippen LogP contribution in [0.2, 0.25) is 0 Å². The van der Waals surface area contributed by atoms with Gasteiger partial charge in [0.05, 0.1) is 10.4 Å². The van der Waals surface area contributed by atoms with Gasteiger partial charge in [-0.2, -0.15) is 4.31 Å². The Labute approximate surface area is 183 Å². The van der Waals surface area contributed by atoms with Gasteiger partial charge in [-0.05, 0) is 70.4 Å². The van der Waals surface area contributed by atoms with Crippen molar-refractivity contribution in [1.29, 1.82) is 0 Å². The highest BCUT2D eigenvalue weighted by Gasteiger charge is 2.32. The van der Waals surface area contributed by atoms with E-state index in [2.05, 4.69) is 10.2 Å². The number of benzene rings is 1. The third kappa shape index (κ3) is 4.75. The summed E-state index contributed by atoms with van der Waals surface area (Å²) in [5.74, 6) is -0.492. The predicted molar refractivity (Wildman–Crippen MR) is 119 cm³/mol. The first-order chi connectivity index (χ1) is 14.0. The van der Waals surface area contributed by atoms with Crippen molar-refractivity contribution in [2.45, 2.75) is 43.0 Å². The van der Waals surface area contributed by atoms with Crippen LogP contribution in [-0.2, 0) is 17.1 Å². The van der Waals surface area contributed by atoms with Gasteiger partial charge in [0.1, 0.15) is 0 Å². The largest absolute Gasteiger partial charge is 0.419 e. The SMILES string of the molecule is Cl.Cn1c(=O)oc2cc(S(=O)(=O)N(CCCN3CCCC3)C3CCCNC3)ccc21. The third-order valence-electron chi connectivity index (χ3n) is 6.10. The smallest absolute Gasteiger partial charge is 0.408 e. The molecular formula is C20H31ClN4O4S. The number of nitrogens with zero attached hydrogens (tertiary/aromatic N) is 3. The molecule has 0 saturated carbocycles. The lowest BCUT2D eigenvalue weighted by molar-refractivity contribution is 0.246. The average molecular weight is 459 g/mol. The van der Waals surface area contributed by atoms with Crippen LogP contribution in [0.5, 0.6) is 0 Å². The van der Waals surface area contributed by atoms with Gasteiger partial charge in [0.25, 0.3) is 0 Å². The second kappa shape index (κ2) is 9.82. The lowest BCUT2D eigenvalue weighted by Gasteiger charge is -2.34. The topological polar surface area (TPSA) is 87.8 Å². The van der Waals surface area contributed by atoms with Crippen LogP contribution in [0.3, 0.4) is 0 Å². The summed E-state index contributed by atoms with van der Waals surface area (Å²) in [4.78, 5) is 14.4. The second-order valence-corrected chi connectivity index (χ2v) is 9.97. The Morgan fingerprint density at radius 2 is 2.00 bits per heavy atom. The second-order valence-electron chi connectivity index (χ2n) is 8.07. The van der Waals surface area contributed by atoms with Gasteiger partial charge >= 0.3 is 5.76 Å². The predicted octanol–water partition coefficient (Wildman–Crippen LogP) is 1.78. The van der Waals surface area contributed by atoms with E-state index in [1.165, 1.54) is 23.5 Å². The summed E-state index contributed by atoms with van der Waals surface area (Å²) in [5, 5.41) is 3.33. The summed E-state index contributed by atoms with van der Waals surface area (Å²) in [5.41, 5.74) is 0.895. The highest BCUT2D eigenvalue weighted by molar-refractivity contribution is 7.89. The Bertz CT molecular complexity index is 1010. The molecule has 0 spiro atoms. The Morgan fingerprint density at radius 3 is 2.70 bits per heavy atom. The number of aromatic nitrogens is 1. The van der Waals surface area contributed by atoms with Gasteiger partial charge in [-0.1, -0.05) is 0 Å². The van der Waals surface area contributed by atoms with Gasteiger partial charge in [-0.25, -0.2) is 13.2 Å². The standard InChI is InChI=1S/C20H30N4O4S.ClH/c1-22-18-8-7-17(14-19(18)28-20(22)25)29(26,27)24(16-6-4-9-21-15-16)13-5-12-23-10-2-3-11-23;/h7-8,14,16,21H,2-6,9-13,15H2,1H3;1H. The third-order valence-corrected chi connectivity index (χ3v) is 8.05. The molecular weight excluding hydrogens is 428 g/mol. The summed E-state index contributed by atoms with van der Waals surface area (Å²) < 4.78 is 35.4. The molecule has 0 bridgehead atoms. The molecule has 2 aromatic rings. The number of fused-ring (bicyclic) bond motifs is 1. The van der Waals surface area contributed by atoms with Crippen LogP contribution in [0.4, 0.5) is 0 Å². The number of aryl methyl sites for hydroxylation is 1. The van der Waals surface area contributed by atoms with E-state index in [0.29, 0.717) is 24.2 Å². The number of likely N-dealkylation sites (tertiary alicyclic amines) is 1. The van der Waals surface area contributed by atoms with E-state index in [1.807, 2.05) is 0 Å². The summed E-state index contributed by atoms with van der Waals surface area (Å²) in [6, 6.07) is 4.66. The molecule has 1 aromatic carbocycles. The number of oxazole rings is 1. The van der Waals surface area contributed by atoms with E-state index >= 15 is 0 Å². The van der Waals surface area contributed by atoms with Crippen LogP contribution >= 0.6 is 12.4 Å². The fourth-order valence-corrected chi connectivity index (χ4v) is 6.15. The fourth-order valence-electron chi connectivity index (χ4n) is 4.44. The van der Waals surface area contributed by atoms with Crippen LogP contribution in [0.15, 0.2) is 32.3 Å². The first-order valence-electron chi connectivity index (χ1n) is 10.5. The van der Waals surface area contributed by atoms with Crippen molar-refractivity contribution in [2.75, 3.05) is 39.3 Å². The quantitative estimate of drug-likeness (QED) is 0.680. The highest BCUT2D eigenvalue weighted by Crippen LogP contribution is 2.25. The van der Waals surface area contributed by atoms with Crippen molar-refractivity contribution in [3.63, 3.8) is 0 Å². The average Bonchev–Trinajstić information content (AvgIpc) is 3.34. The molecule has 10 heteroatoms. The Hall–Kier alpha value is -1.39. The van der Waals surface area contributed by atoms with Gasteiger partial charge < -0.3 is 14.6 Å². The lowest BCUT2D eigenvalue weighted by Crippen LogP contribution is -2.49. The minimum Gasteiger partial charge on any atom is -0.408 e. The molecule has 168 valence electrons. The van der Waals surface area contributed by atoms with Crippen LogP contribution in [-0.4, -0.2) is 67.5 Å². The van der Waals surface area contributed by atoms with Crippen molar-refractivity contribution < 1.29 is 12.8 Å². The van der Waals surface area contributed by atoms with Crippen molar-refractivity contribution in [3.05, 3.63) is 28.7 Å². The zero-order chi connectivity index (χ0) is 20.4. The molecule has 30 heavy (non-hydrogen) atoms. The molecule has 2 fully saturated rings. The number of nitrogens with one attached hydrogen (secondary N) is 1. The minimum atomic E-state index is -3.69. The number of halogens is 1. The van der Waals surface area contributed by atoms with Crippen LogP contribution in [0.1, 0.15) is 32.1 Å². The maximum atomic E-state index is 13.6. The summed E-state index contributed by atoms with van der Waals surface area (Å²) in [6.07, 6.45) is 5.11. The molecule has 1 unspecified atom stereocenters. The molecule has 2 aliphatic heterocycles. The van der Waals surface area contributed by atoms with Crippen molar-refractivity contribution in [1.82, 2.24) is 19.1 Å². The molecule has 0 aliphatic carbocycles. The zero-order valence-electron chi connectivity index (χ0n) is 17.4. The molecule has 3 heterocycles. The number of sulfonamides is 1. The molecule has 1 N–H and O–H groups in total. The number of rotatable bonds is 7. The summed E-state index contributed by atoms with van der Waals surface area (Å²) >= 11 is 0. The minimum absolute atomic E-state index is 0. The fraction of sp³-hybridized carbons (Fsp3) is 0.650. The number of hydrogen-bond acceptors (Lipinski definition) is 6. The van der Waals surface area contributed by atoms with E-state index in [-0.39, 0.29) is 23.3 Å². The van der Waals surface area contributed by atoms with E-state index in [4.69, 9.17) is 4.42 Å². The van der Waals surface area contributed by atoms with Crippen molar-refractivity contribution >= 4 is 33.5 Å². The maximum absolute atomic E-state index is 13.6. The van der Waals surface area contributed by atoms with Crippen LogP contribution < -0.4 is 11.1 Å². The Morgan fingerprint density at radius 1 is 1.23 bits per heavy atom. The van der Waals surface area contributed by atoms with E-state index in [1.54, 1.807) is 23.5 Å². The lowest BCUT2D eigenvalue weighted by atomic mass is 10.1. The molecule has 2 aliphatic rings. The molecule has 0 amide bonds. The molecule has 0 radical (unpaired) electrons. The number of hydrogen-bond donors (Lipinski definition) is 1. The molecule has 4 rings (SSSR count). The van der Waals surface area contributed by atoms with E-state index in [0.717, 1.165) is 45.4 Å². The van der Waals surface area contributed by atoms with E-state index in [9.17, 15) is 13.2 Å². The van der Waals surface area contributed by atoms with Gasteiger partial charge in [-0.15, -0.1) is 12.4 Å². The van der Waals surface area contributed by atoms with Gasteiger partial charge in [0, 0.05) is 32.2 Å².